The summed E-state index contributed by atoms with van der Waals surface area (Å²) in [6.07, 6.45) is 0. The van der Waals surface area contributed by atoms with Gasteiger partial charge in [0.25, 0.3) is 5.91 Å². The summed E-state index contributed by atoms with van der Waals surface area (Å²) >= 11 is 0. The van der Waals surface area contributed by atoms with E-state index in [0.29, 0.717) is 0 Å². The first-order valence-corrected chi connectivity index (χ1v) is 9.92. The van der Waals surface area contributed by atoms with Gasteiger partial charge < -0.3 is 4.90 Å². The van der Waals surface area contributed by atoms with Crippen molar-refractivity contribution in [1.82, 2.24) is 9.80 Å². The number of benzene rings is 3. The van der Waals surface area contributed by atoms with E-state index in [1.54, 1.807) is 0 Å². The Morgan fingerprint density at radius 1 is 0.714 bits per heavy atom. The van der Waals surface area contributed by atoms with E-state index in [-0.39, 0.29) is 11.9 Å². The molecule has 1 unspecified atom stereocenters. The topological polar surface area (TPSA) is 23.6 Å². The molecular formula is C25H26N2O. The number of piperazine rings is 1. The molecule has 1 aliphatic heterocycles. The van der Waals surface area contributed by atoms with Gasteiger partial charge in [0, 0.05) is 31.7 Å². The van der Waals surface area contributed by atoms with Gasteiger partial charge in [-0.2, -0.15) is 0 Å². The second-order valence-corrected chi connectivity index (χ2v) is 7.42. The van der Waals surface area contributed by atoms with Gasteiger partial charge in [0.05, 0.1) is 6.04 Å². The van der Waals surface area contributed by atoms with E-state index in [1.807, 2.05) is 35.2 Å². The molecule has 1 amide bonds. The zero-order chi connectivity index (χ0) is 19.3. The molecule has 1 fully saturated rings. The number of hydrogen-bond donors (Lipinski definition) is 0. The fourth-order valence-electron chi connectivity index (χ4n) is 3.94. The van der Waals surface area contributed by atoms with E-state index in [2.05, 4.69) is 66.4 Å². The Morgan fingerprint density at radius 3 is 1.86 bits per heavy atom. The standard InChI is InChI=1S/C25H26N2O/c1-20-12-14-22(15-13-20)24(21-8-4-2-5-9-21)26-16-18-27(19-17-26)25(28)23-10-6-3-7-11-23/h2-15,24H,16-19H2,1H3. The second-order valence-electron chi connectivity index (χ2n) is 7.42. The Balaban J connectivity index is 1.53. The predicted octanol–water partition coefficient (Wildman–Crippen LogP) is 4.54. The zero-order valence-electron chi connectivity index (χ0n) is 16.3. The molecule has 1 saturated heterocycles. The van der Waals surface area contributed by atoms with Crippen LogP contribution in [-0.4, -0.2) is 41.9 Å². The lowest BCUT2D eigenvalue weighted by Gasteiger charge is -2.40. The number of aryl methyl sites for hydroxylation is 1. The molecule has 0 radical (unpaired) electrons. The van der Waals surface area contributed by atoms with Gasteiger partial charge >= 0.3 is 0 Å². The molecule has 0 bridgehead atoms. The van der Waals surface area contributed by atoms with Crippen molar-refractivity contribution < 1.29 is 4.79 Å². The monoisotopic (exact) mass is 370 g/mol. The van der Waals surface area contributed by atoms with Crippen LogP contribution in [-0.2, 0) is 0 Å². The van der Waals surface area contributed by atoms with Crippen molar-refractivity contribution in [3.05, 3.63) is 107 Å². The van der Waals surface area contributed by atoms with Crippen molar-refractivity contribution in [2.24, 2.45) is 0 Å². The fraction of sp³-hybridized carbons (Fsp3) is 0.240. The van der Waals surface area contributed by atoms with Gasteiger partial charge in [0.15, 0.2) is 0 Å². The van der Waals surface area contributed by atoms with Crippen LogP contribution in [0.3, 0.4) is 0 Å². The van der Waals surface area contributed by atoms with E-state index in [0.717, 1.165) is 31.7 Å². The fourth-order valence-corrected chi connectivity index (χ4v) is 3.94. The van der Waals surface area contributed by atoms with Crippen LogP contribution < -0.4 is 0 Å². The van der Waals surface area contributed by atoms with E-state index < -0.39 is 0 Å². The highest BCUT2D eigenvalue weighted by atomic mass is 16.2. The molecule has 3 aromatic rings. The molecule has 142 valence electrons. The van der Waals surface area contributed by atoms with Crippen LogP contribution in [0, 0.1) is 6.92 Å². The number of amides is 1. The number of carbonyl (C=O) groups is 1. The molecule has 1 aliphatic rings. The highest BCUT2D eigenvalue weighted by Crippen LogP contribution is 2.30. The summed E-state index contributed by atoms with van der Waals surface area (Å²) in [6.45, 7) is 5.36. The number of hydrogen-bond acceptors (Lipinski definition) is 2. The highest BCUT2D eigenvalue weighted by Gasteiger charge is 2.28. The van der Waals surface area contributed by atoms with Crippen LogP contribution in [0.4, 0.5) is 0 Å². The van der Waals surface area contributed by atoms with Crippen molar-refractivity contribution in [1.29, 1.82) is 0 Å². The molecule has 4 rings (SSSR count). The predicted molar refractivity (Wildman–Crippen MR) is 113 cm³/mol. The van der Waals surface area contributed by atoms with Gasteiger partial charge in [-0.1, -0.05) is 78.4 Å². The number of carbonyl (C=O) groups excluding carboxylic acids is 1. The summed E-state index contributed by atoms with van der Waals surface area (Å²) in [5.74, 6) is 0.131. The molecule has 0 aromatic heterocycles. The van der Waals surface area contributed by atoms with Crippen molar-refractivity contribution in [2.75, 3.05) is 26.2 Å². The molecule has 0 N–H and O–H groups in total. The molecule has 0 saturated carbocycles. The molecular weight excluding hydrogens is 344 g/mol. The Kier molecular flexibility index (Phi) is 5.54. The zero-order valence-corrected chi connectivity index (χ0v) is 16.3. The third kappa shape index (κ3) is 4.00. The highest BCUT2D eigenvalue weighted by molar-refractivity contribution is 5.94. The maximum Gasteiger partial charge on any atom is 0.253 e. The molecule has 0 spiro atoms. The first kappa shape index (κ1) is 18.5. The van der Waals surface area contributed by atoms with Gasteiger partial charge in [0.2, 0.25) is 0 Å². The second kappa shape index (κ2) is 8.41. The van der Waals surface area contributed by atoms with Crippen LogP contribution in [0.1, 0.15) is 33.1 Å². The maximum atomic E-state index is 12.8. The Labute approximate surface area is 167 Å². The summed E-state index contributed by atoms with van der Waals surface area (Å²) in [6, 6.07) is 29.3. The summed E-state index contributed by atoms with van der Waals surface area (Å²) in [5.41, 5.74) is 4.65. The molecule has 3 nitrogen and oxygen atoms in total. The normalized spacial score (nSPS) is 16.0. The third-order valence-electron chi connectivity index (χ3n) is 5.50. The summed E-state index contributed by atoms with van der Waals surface area (Å²) in [7, 11) is 0. The number of rotatable bonds is 4. The van der Waals surface area contributed by atoms with Crippen molar-refractivity contribution in [3.63, 3.8) is 0 Å². The van der Waals surface area contributed by atoms with E-state index in [4.69, 9.17) is 0 Å². The van der Waals surface area contributed by atoms with Crippen LogP contribution >= 0.6 is 0 Å². The first-order chi connectivity index (χ1) is 13.7. The van der Waals surface area contributed by atoms with Crippen LogP contribution in [0.2, 0.25) is 0 Å². The Bertz CT molecular complexity index is 898. The van der Waals surface area contributed by atoms with E-state index in [1.165, 1.54) is 16.7 Å². The SMILES string of the molecule is Cc1ccc(C(c2ccccc2)N2CCN(C(=O)c3ccccc3)CC2)cc1. The molecule has 0 aliphatic carbocycles. The molecule has 1 heterocycles. The number of nitrogens with zero attached hydrogens (tertiary/aromatic N) is 2. The first-order valence-electron chi connectivity index (χ1n) is 9.92. The van der Waals surface area contributed by atoms with Crippen molar-refractivity contribution in [2.45, 2.75) is 13.0 Å². The van der Waals surface area contributed by atoms with Gasteiger partial charge in [0.1, 0.15) is 0 Å². The smallest absolute Gasteiger partial charge is 0.253 e. The lowest BCUT2D eigenvalue weighted by Crippen LogP contribution is -2.49. The van der Waals surface area contributed by atoms with Crippen LogP contribution in [0.5, 0.6) is 0 Å². The molecule has 28 heavy (non-hydrogen) atoms. The van der Waals surface area contributed by atoms with Crippen LogP contribution in [0.15, 0.2) is 84.9 Å². The van der Waals surface area contributed by atoms with Gasteiger partial charge in [-0.25, -0.2) is 0 Å². The van der Waals surface area contributed by atoms with Crippen molar-refractivity contribution in [3.8, 4) is 0 Å². The minimum absolute atomic E-state index is 0.131. The third-order valence-corrected chi connectivity index (χ3v) is 5.50. The van der Waals surface area contributed by atoms with E-state index >= 15 is 0 Å². The summed E-state index contributed by atoms with van der Waals surface area (Å²) in [4.78, 5) is 17.2. The van der Waals surface area contributed by atoms with Crippen LogP contribution in [0.25, 0.3) is 0 Å². The maximum absolute atomic E-state index is 12.8. The van der Waals surface area contributed by atoms with Crippen molar-refractivity contribution >= 4 is 5.91 Å². The summed E-state index contributed by atoms with van der Waals surface area (Å²) in [5, 5.41) is 0. The Hall–Kier alpha value is -2.91. The van der Waals surface area contributed by atoms with E-state index in [9.17, 15) is 4.79 Å². The average molecular weight is 370 g/mol. The van der Waals surface area contributed by atoms with Gasteiger partial charge in [-0.15, -0.1) is 0 Å². The minimum Gasteiger partial charge on any atom is -0.336 e. The largest absolute Gasteiger partial charge is 0.336 e. The lowest BCUT2D eigenvalue weighted by molar-refractivity contribution is 0.0597. The molecule has 3 aromatic carbocycles. The average Bonchev–Trinajstić information content (AvgIpc) is 2.77. The minimum atomic E-state index is 0.131. The van der Waals surface area contributed by atoms with Gasteiger partial charge in [-0.3, -0.25) is 9.69 Å². The lowest BCUT2D eigenvalue weighted by atomic mass is 9.95. The quantitative estimate of drug-likeness (QED) is 0.673. The van der Waals surface area contributed by atoms with Gasteiger partial charge in [-0.05, 0) is 30.2 Å². The Morgan fingerprint density at radius 2 is 1.25 bits per heavy atom. The molecule has 3 heteroatoms. The summed E-state index contributed by atoms with van der Waals surface area (Å²) < 4.78 is 0. The molecule has 1 atom stereocenters.